The summed E-state index contributed by atoms with van der Waals surface area (Å²) in [6.45, 7) is 0. The summed E-state index contributed by atoms with van der Waals surface area (Å²) in [6, 6.07) is 8.19. The van der Waals surface area contributed by atoms with Crippen molar-refractivity contribution < 1.29 is 37.4 Å². The molecule has 13 nitrogen and oxygen atoms in total. The Kier molecular flexibility index (Phi) is 6.76. The molecule has 2 heterocycles. The summed E-state index contributed by atoms with van der Waals surface area (Å²) in [6.07, 6.45) is -6.73. The molecule has 0 amide bonds. The van der Waals surface area contributed by atoms with E-state index in [9.17, 15) is 23.2 Å². The number of nitrogens with zero attached hydrogens (tertiary/aromatic N) is 2. The highest BCUT2D eigenvalue weighted by Gasteiger charge is 2.52. The van der Waals surface area contributed by atoms with E-state index in [1.165, 1.54) is 4.79 Å². The zero-order chi connectivity index (χ0) is 22.8. The maximum Gasteiger partial charge on any atom is 0.295 e. The van der Waals surface area contributed by atoms with Gasteiger partial charge in [0.1, 0.15) is 11.9 Å². The van der Waals surface area contributed by atoms with Crippen molar-refractivity contribution >= 4 is 21.8 Å². The highest BCUT2D eigenvalue weighted by molar-refractivity contribution is 7.86. The molecule has 1 unspecified atom stereocenters. The molecule has 0 radical (unpaired) electrons. The summed E-state index contributed by atoms with van der Waals surface area (Å²) in [7, 11) is -0.112. The molecule has 1 aromatic carbocycles. The van der Waals surface area contributed by atoms with Crippen LogP contribution in [0.5, 0.6) is 11.5 Å². The first-order valence-electron chi connectivity index (χ1n) is 9.23. The van der Waals surface area contributed by atoms with Crippen molar-refractivity contribution in [3.8, 4) is 11.5 Å². The van der Waals surface area contributed by atoms with Gasteiger partial charge in [-0.2, -0.15) is 13.2 Å². The van der Waals surface area contributed by atoms with Gasteiger partial charge in [-0.1, -0.05) is 18.2 Å². The van der Waals surface area contributed by atoms with Gasteiger partial charge in [0.15, 0.2) is 23.8 Å². The van der Waals surface area contributed by atoms with Gasteiger partial charge in [0.25, 0.3) is 10.1 Å². The van der Waals surface area contributed by atoms with Crippen LogP contribution >= 0.6 is 0 Å². The molecule has 3 rings (SSSR count). The Balaban J connectivity index is 1.98. The van der Waals surface area contributed by atoms with Crippen LogP contribution in [-0.4, -0.2) is 84.3 Å². The van der Waals surface area contributed by atoms with E-state index in [-0.39, 0.29) is 17.3 Å². The van der Waals surface area contributed by atoms with Gasteiger partial charge in [-0.15, -0.1) is 5.10 Å². The average Bonchev–Trinajstić information content (AvgIpc) is 3.09. The van der Waals surface area contributed by atoms with Crippen molar-refractivity contribution in [3.05, 3.63) is 30.3 Å². The molecule has 6 N–H and O–H groups in total. The highest BCUT2D eigenvalue weighted by atomic mass is 32.2. The number of nitrogens with one attached hydrogen (secondary N) is 3. The van der Waals surface area contributed by atoms with E-state index in [0.29, 0.717) is 5.82 Å². The van der Waals surface area contributed by atoms with Crippen molar-refractivity contribution in [2.45, 2.75) is 30.0 Å². The molecule has 0 spiro atoms. The van der Waals surface area contributed by atoms with Crippen LogP contribution in [0, 0.1) is 0 Å². The third-order valence-electron chi connectivity index (χ3n) is 4.57. The molecule has 5 atom stereocenters. The predicted molar refractivity (Wildman–Crippen MR) is 110 cm³/mol. The van der Waals surface area contributed by atoms with Crippen LogP contribution in [0.3, 0.4) is 0 Å². The van der Waals surface area contributed by atoms with Gasteiger partial charge in [0.05, 0.1) is 0 Å². The molecule has 14 heteroatoms. The van der Waals surface area contributed by atoms with Gasteiger partial charge in [-0.05, 0) is 12.1 Å². The fourth-order valence-electron chi connectivity index (χ4n) is 3.12. The summed E-state index contributed by atoms with van der Waals surface area (Å²) < 4.78 is 49.7. The van der Waals surface area contributed by atoms with Crippen LogP contribution in [-0.2, 0) is 14.9 Å². The van der Waals surface area contributed by atoms with E-state index >= 15 is 0 Å². The highest BCUT2D eigenvalue weighted by Crippen LogP contribution is 2.36. The topological polar surface area (TPSA) is 176 Å². The summed E-state index contributed by atoms with van der Waals surface area (Å²) in [5.74, 6) is 0.901. The molecule has 172 valence electrons. The van der Waals surface area contributed by atoms with Gasteiger partial charge < -0.3 is 40.5 Å². The molecule has 1 aliphatic heterocycles. The van der Waals surface area contributed by atoms with Crippen molar-refractivity contribution in [2.75, 3.05) is 37.2 Å². The summed E-state index contributed by atoms with van der Waals surface area (Å²) in [4.78, 5) is 1.33. The van der Waals surface area contributed by atoms with Crippen LogP contribution in [0.1, 0.15) is 0 Å². The number of para-hydroxylation sites is 1. The minimum atomic E-state index is -4.89. The second-order valence-corrected chi connectivity index (χ2v) is 8.04. The number of hydrogen-bond donors (Lipinski definition) is 6. The first-order chi connectivity index (χ1) is 14.7. The minimum Gasteiger partial charge on any atom is -0.477 e. The van der Waals surface area contributed by atoms with Gasteiger partial charge in [0, 0.05) is 21.1 Å². The monoisotopic (exact) mass is 459 g/mol. The number of aliphatic hydroxyl groups is 2. The van der Waals surface area contributed by atoms with E-state index in [2.05, 4.69) is 21.2 Å². The largest absolute Gasteiger partial charge is 0.477 e. The fraction of sp³-hybridized carbons (Fsp3) is 0.471. The van der Waals surface area contributed by atoms with E-state index < -0.39 is 40.2 Å². The van der Waals surface area contributed by atoms with Crippen molar-refractivity contribution in [1.29, 1.82) is 0 Å². The van der Waals surface area contributed by atoms with Crippen LogP contribution in [0.4, 0.5) is 11.6 Å². The zero-order valence-electron chi connectivity index (χ0n) is 17.0. The first kappa shape index (κ1) is 22.9. The Bertz CT molecular complexity index is 986. The Hall–Kier alpha value is -2.78. The predicted octanol–water partition coefficient (Wildman–Crippen LogP) is -0.742. The average molecular weight is 459 g/mol. The lowest BCUT2D eigenvalue weighted by molar-refractivity contribution is -0.248. The number of aliphatic hydroxyl groups excluding tert-OH is 2. The summed E-state index contributed by atoms with van der Waals surface area (Å²) >= 11 is 0. The van der Waals surface area contributed by atoms with E-state index in [1.807, 2.05) is 0 Å². The standard InChI is InChI=1S/C17H25N5O8S/c1-18-14-13(15(19-2)22(20-3)21-14)29-12-10(23)16(28-9-7-5-4-6-8-9)30-17(11(12)24)31(25,26)27/h4-8,10-12,16-17,19-20,23-24H,1-3H3,(H,18,21)(H,25,26,27)/t10-,11+,12-,16-,17?/m1/s1. The molecule has 0 saturated carbocycles. The van der Waals surface area contributed by atoms with Crippen LogP contribution in [0.2, 0.25) is 0 Å². The van der Waals surface area contributed by atoms with E-state index in [4.69, 9.17) is 14.2 Å². The number of hydrogen-bond acceptors (Lipinski definition) is 11. The number of aromatic nitrogens is 2. The molecular weight excluding hydrogens is 434 g/mol. The molecule has 0 bridgehead atoms. The minimum absolute atomic E-state index is 0.0805. The van der Waals surface area contributed by atoms with Gasteiger partial charge in [-0.25, -0.2) is 0 Å². The van der Waals surface area contributed by atoms with Gasteiger partial charge in [0.2, 0.25) is 17.5 Å². The fourth-order valence-corrected chi connectivity index (χ4v) is 3.87. The van der Waals surface area contributed by atoms with Crippen molar-refractivity contribution in [1.82, 2.24) is 9.89 Å². The van der Waals surface area contributed by atoms with Crippen LogP contribution in [0.15, 0.2) is 30.3 Å². The molecular formula is C17H25N5O8S. The van der Waals surface area contributed by atoms with E-state index in [0.717, 1.165) is 0 Å². The lowest BCUT2D eigenvalue weighted by atomic mass is 10.0. The van der Waals surface area contributed by atoms with Gasteiger partial charge in [-0.3, -0.25) is 4.55 Å². The van der Waals surface area contributed by atoms with Crippen LogP contribution in [0.25, 0.3) is 0 Å². The zero-order valence-corrected chi connectivity index (χ0v) is 17.8. The SMILES string of the molecule is CNc1nn(NC)c(NC)c1O[C@@H]1[C@@H](O)[C@H](Oc2ccccc2)OC(S(=O)(=O)O)[C@H]1O. The normalized spacial score (nSPS) is 26.2. The number of benzene rings is 1. The third kappa shape index (κ3) is 4.62. The number of anilines is 2. The first-order valence-corrected chi connectivity index (χ1v) is 10.7. The Morgan fingerprint density at radius 3 is 2.29 bits per heavy atom. The quantitative estimate of drug-likeness (QED) is 0.273. The molecule has 1 saturated heterocycles. The molecule has 1 aliphatic rings. The Labute approximate surface area is 178 Å². The maximum atomic E-state index is 11.8. The second-order valence-electron chi connectivity index (χ2n) is 6.54. The third-order valence-corrected chi connectivity index (χ3v) is 5.55. The van der Waals surface area contributed by atoms with Crippen molar-refractivity contribution in [2.24, 2.45) is 0 Å². The number of rotatable bonds is 8. The maximum absolute atomic E-state index is 11.8. The second kappa shape index (κ2) is 9.15. The lowest BCUT2D eigenvalue weighted by Gasteiger charge is -2.40. The molecule has 1 aromatic heterocycles. The Morgan fingerprint density at radius 1 is 1.06 bits per heavy atom. The molecule has 0 aliphatic carbocycles. The molecule has 2 aromatic rings. The van der Waals surface area contributed by atoms with E-state index in [1.54, 1.807) is 51.5 Å². The molecule has 1 fully saturated rings. The number of ether oxygens (including phenoxy) is 3. The summed E-state index contributed by atoms with van der Waals surface area (Å²) in [5.41, 5.74) is 0.668. The summed E-state index contributed by atoms with van der Waals surface area (Å²) in [5, 5.41) is 31.3. The van der Waals surface area contributed by atoms with Crippen LogP contribution < -0.4 is 25.5 Å². The van der Waals surface area contributed by atoms with Crippen molar-refractivity contribution in [3.63, 3.8) is 0 Å². The Morgan fingerprint density at radius 2 is 1.74 bits per heavy atom. The molecule has 31 heavy (non-hydrogen) atoms. The van der Waals surface area contributed by atoms with Gasteiger partial charge >= 0.3 is 0 Å². The smallest absolute Gasteiger partial charge is 0.295 e. The lowest BCUT2D eigenvalue weighted by Crippen LogP contribution is -2.62.